The SMILES string of the molecule is C[N+](C)(C)CCO[32P](=O)([O-])OP(=O)(O)O. The fraction of sp³-hybridized carbons (Fsp3) is 1.00. The monoisotopic (exact) mass is 264 g/mol. The van der Waals surface area contributed by atoms with Crippen LogP contribution in [0.3, 0.4) is 0 Å². The molecule has 0 saturated heterocycles. The van der Waals surface area contributed by atoms with Crippen molar-refractivity contribution >= 4 is 15.6 Å². The Morgan fingerprint density at radius 1 is 1.27 bits per heavy atom. The second-order valence-corrected chi connectivity index (χ2v) is 6.65. The summed E-state index contributed by atoms with van der Waals surface area (Å²) in [6, 6.07) is 0. The Kier molecular flexibility index (Phi) is 5.11. The molecule has 10 heteroatoms. The number of likely N-dealkylation sites (N-methyl/N-ethyl adjacent to an activating group) is 1. The molecule has 92 valence electrons. The first-order valence-electron chi connectivity index (χ1n) is 3.94. The van der Waals surface area contributed by atoms with Gasteiger partial charge >= 0.3 is 7.82 Å². The van der Waals surface area contributed by atoms with Gasteiger partial charge in [0.15, 0.2) is 0 Å². The molecule has 0 aliphatic rings. The molecular weight excluding hydrogens is 249 g/mol. The fourth-order valence-corrected chi connectivity index (χ4v) is 2.12. The lowest BCUT2D eigenvalue weighted by Crippen LogP contribution is -2.37. The molecule has 1 atom stereocenters. The molecule has 0 radical (unpaired) electrons. The Morgan fingerprint density at radius 2 is 1.73 bits per heavy atom. The number of nitrogens with zero attached hydrogens (tertiary/aromatic N) is 1. The lowest BCUT2D eigenvalue weighted by Gasteiger charge is -2.27. The standard InChI is InChI=1S/C5H15NO7P2/c1-6(2,3)4-5-12-15(10,11)13-14(7,8)9/h4-5H2,1-3H3,(H2-,7,8,9,10,11)/i15+1. The highest BCUT2D eigenvalue weighted by atomic mass is 32.2. The highest BCUT2D eigenvalue weighted by Gasteiger charge is 2.24. The molecule has 0 spiro atoms. The maximum Gasteiger partial charge on any atom is 0.476 e. The van der Waals surface area contributed by atoms with Gasteiger partial charge in [-0.2, -0.15) is 0 Å². The first kappa shape index (κ1) is 15.2. The van der Waals surface area contributed by atoms with Crippen molar-refractivity contribution in [2.45, 2.75) is 0 Å². The summed E-state index contributed by atoms with van der Waals surface area (Å²) in [7, 11) is -4.57. The molecule has 0 bridgehead atoms. The molecule has 1 unspecified atom stereocenters. The van der Waals surface area contributed by atoms with Crippen LogP contribution in [0.5, 0.6) is 0 Å². The van der Waals surface area contributed by atoms with Crippen LogP contribution in [0.2, 0.25) is 0 Å². The summed E-state index contributed by atoms with van der Waals surface area (Å²) >= 11 is 0. The van der Waals surface area contributed by atoms with Gasteiger partial charge in [0.25, 0.3) is 7.82 Å². The Hall–Kier alpha value is 0.220. The van der Waals surface area contributed by atoms with Crippen LogP contribution in [0.25, 0.3) is 0 Å². The van der Waals surface area contributed by atoms with Gasteiger partial charge in [-0.05, 0) is 0 Å². The van der Waals surface area contributed by atoms with Gasteiger partial charge in [0.1, 0.15) is 13.2 Å². The second kappa shape index (κ2) is 5.03. The molecule has 8 nitrogen and oxygen atoms in total. The number of hydrogen-bond donors (Lipinski definition) is 2. The quantitative estimate of drug-likeness (QED) is 0.480. The first-order valence-corrected chi connectivity index (χ1v) is 6.93. The molecule has 0 aromatic heterocycles. The van der Waals surface area contributed by atoms with Crippen molar-refractivity contribution in [2.75, 3.05) is 34.3 Å². The minimum Gasteiger partial charge on any atom is -0.756 e. The van der Waals surface area contributed by atoms with Crippen molar-refractivity contribution in [3.8, 4) is 0 Å². The predicted octanol–water partition coefficient (Wildman–Crippen LogP) is -0.713. The van der Waals surface area contributed by atoms with E-state index >= 15 is 0 Å². The van der Waals surface area contributed by atoms with Crippen molar-refractivity contribution < 1.29 is 37.1 Å². The lowest BCUT2D eigenvalue weighted by molar-refractivity contribution is -0.870. The Labute approximate surface area is 87.9 Å². The number of rotatable bonds is 6. The number of phosphoric ester groups is 1. The van der Waals surface area contributed by atoms with E-state index in [0.717, 1.165) is 0 Å². The van der Waals surface area contributed by atoms with Gasteiger partial charge in [-0.25, -0.2) is 8.88 Å². The van der Waals surface area contributed by atoms with Crippen molar-refractivity contribution in [3.05, 3.63) is 0 Å². The van der Waals surface area contributed by atoms with E-state index < -0.39 is 15.6 Å². The van der Waals surface area contributed by atoms with E-state index in [9.17, 15) is 14.0 Å². The third-order valence-electron chi connectivity index (χ3n) is 1.22. The Balaban J connectivity index is 4.07. The molecule has 0 saturated carbocycles. The largest absolute Gasteiger partial charge is 0.756 e. The maximum absolute atomic E-state index is 10.8. The van der Waals surface area contributed by atoms with Crippen molar-refractivity contribution in [1.29, 1.82) is 0 Å². The van der Waals surface area contributed by atoms with Crippen LogP contribution in [0, 0.1) is 0 Å². The summed E-state index contributed by atoms with van der Waals surface area (Å²) in [5.74, 6) is 0. The summed E-state index contributed by atoms with van der Waals surface area (Å²) in [6.45, 7) is 0.154. The number of hydrogen-bond acceptors (Lipinski definition) is 5. The summed E-state index contributed by atoms with van der Waals surface area (Å²) in [5, 5.41) is 0. The number of phosphoric acid groups is 2. The predicted molar refractivity (Wildman–Crippen MR) is 49.6 cm³/mol. The van der Waals surface area contributed by atoms with Crippen LogP contribution < -0.4 is 4.89 Å². The third kappa shape index (κ3) is 10.5. The molecule has 0 heterocycles. The van der Waals surface area contributed by atoms with E-state index in [1.54, 1.807) is 0 Å². The average molecular weight is 264 g/mol. The molecule has 0 aliphatic carbocycles. The van der Waals surface area contributed by atoms with Crippen molar-refractivity contribution in [3.63, 3.8) is 0 Å². The Bertz CT molecular complexity index is 292. The van der Waals surface area contributed by atoms with Gasteiger partial charge < -0.3 is 23.7 Å². The fourth-order valence-electron chi connectivity index (χ4n) is 0.580. The Morgan fingerprint density at radius 3 is 2.07 bits per heavy atom. The number of quaternary nitrogens is 1. The van der Waals surface area contributed by atoms with Crippen LogP contribution in [0.15, 0.2) is 0 Å². The summed E-state index contributed by atoms with van der Waals surface area (Å²) in [6.07, 6.45) is 0. The highest BCUT2D eigenvalue weighted by Crippen LogP contribution is 2.54. The topological polar surface area (TPSA) is 116 Å². The first-order chi connectivity index (χ1) is 6.41. The molecular formula is C5H15NO7P2. The van der Waals surface area contributed by atoms with Gasteiger partial charge in [0, 0.05) is 0 Å². The van der Waals surface area contributed by atoms with Crippen LogP contribution in [0.4, 0.5) is 0 Å². The summed E-state index contributed by atoms with van der Waals surface area (Å²) in [4.78, 5) is 27.3. The van der Waals surface area contributed by atoms with Crippen LogP contribution >= 0.6 is 15.6 Å². The van der Waals surface area contributed by atoms with E-state index in [1.165, 1.54) is 0 Å². The zero-order chi connectivity index (χ0) is 12.3. The maximum atomic E-state index is 10.8. The van der Waals surface area contributed by atoms with Gasteiger partial charge in [-0.3, -0.25) is 4.57 Å². The van der Waals surface area contributed by atoms with Crippen LogP contribution in [0.1, 0.15) is 0 Å². The minimum atomic E-state index is -5.07. The zero-order valence-electron chi connectivity index (χ0n) is 8.69. The molecule has 0 rings (SSSR count). The second-order valence-electron chi connectivity index (χ2n) is 3.87. The molecule has 0 aliphatic heterocycles. The lowest BCUT2D eigenvalue weighted by atomic mass is 10.5. The average Bonchev–Trinajstić information content (AvgIpc) is 1.75. The van der Waals surface area contributed by atoms with E-state index in [1.807, 2.05) is 21.1 Å². The minimum absolute atomic E-state index is 0.204. The third-order valence-corrected chi connectivity index (χ3v) is 3.37. The van der Waals surface area contributed by atoms with Gasteiger partial charge in [0.2, 0.25) is 0 Å². The van der Waals surface area contributed by atoms with Crippen molar-refractivity contribution in [1.82, 2.24) is 0 Å². The van der Waals surface area contributed by atoms with Gasteiger partial charge in [0.05, 0.1) is 21.1 Å². The molecule has 2 N–H and O–H groups in total. The van der Waals surface area contributed by atoms with E-state index in [-0.39, 0.29) is 6.61 Å². The molecule has 0 aromatic rings. The van der Waals surface area contributed by atoms with Crippen molar-refractivity contribution in [2.24, 2.45) is 0 Å². The normalized spacial score (nSPS) is 17.5. The van der Waals surface area contributed by atoms with E-state index in [0.29, 0.717) is 11.0 Å². The van der Waals surface area contributed by atoms with E-state index in [4.69, 9.17) is 9.79 Å². The van der Waals surface area contributed by atoms with Crippen LogP contribution in [-0.2, 0) is 18.0 Å². The van der Waals surface area contributed by atoms with Crippen LogP contribution in [-0.4, -0.2) is 48.6 Å². The van der Waals surface area contributed by atoms with Gasteiger partial charge in [-0.1, -0.05) is 0 Å². The molecule has 0 fully saturated rings. The zero-order valence-corrected chi connectivity index (χ0v) is 10.5. The molecule has 15 heavy (non-hydrogen) atoms. The summed E-state index contributed by atoms with van der Waals surface area (Å²) < 4.78 is 29.2. The van der Waals surface area contributed by atoms with Gasteiger partial charge in [-0.15, -0.1) is 0 Å². The summed E-state index contributed by atoms with van der Waals surface area (Å²) in [5.41, 5.74) is 0. The highest BCUT2D eigenvalue weighted by molar-refractivity contribution is 7.60. The smallest absolute Gasteiger partial charge is 0.476 e. The van der Waals surface area contributed by atoms with E-state index in [2.05, 4.69) is 8.83 Å². The molecule has 0 amide bonds. The molecule has 0 aromatic carbocycles.